The predicted octanol–water partition coefficient (Wildman–Crippen LogP) is 2.95. The van der Waals surface area contributed by atoms with Crippen molar-refractivity contribution in [1.29, 1.82) is 0 Å². The van der Waals surface area contributed by atoms with Gasteiger partial charge in [0.2, 0.25) is 5.75 Å². The average Bonchev–Trinajstić information content (AvgIpc) is 2.58. The zero-order valence-electron chi connectivity index (χ0n) is 14.0. The van der Waals surface area contributed by atoms with Gasteiger partial charge in [-0.3, -0.25) is 0 Å². The van der Waals surface area contributed by atoms with Gasteiger partial charge in [-0.05, 0) is 36.5 Å². The average molecular weight is 344 g/mol. The molecule has 1 fully saturated rings. The minimum atomic E-state index is 0. The smallest absolute Gasteiger partial charge is 0.203 e. The van der Waals surface area contributed by atoms with Gasteiger partial charge in [-0.2, -0.15) is 0 Å². The van der Waals surface area contributed by atoms with Gasteiger partial charge in [0, 0.05) is 6.04 Å². The molecule has 23 heavy (non-hydrogen) atoms. The highest BCUT2D eigenvalue weighted by Crippen LogP contribution is 2.43. The predicted molar refractivity (Wildman–Crippen MR) is 92.4 cm³/mol. The monoisotopic (exact) mass is 343 g/mol. The standard InChI is InChI=1S/C17H25NO4.ClH/c1-20-15-10-12(11-16(21-2)17(15)22-3)13-6-4-5-7-14(13)18-8-9-19;/h9-11,13-14,18H,4-8H2,1-3H3;1H. The van der Waals surface area contributed by atoms with E-state index < -0.39 is 0 Å². The second-order valence-corrected chi connectivity index (χ2v) is 5.53. The molecule has 0 amide bonds. The first kappa shape index (κ1) is 19.6. The number of halogens is 1. The van der Waals surface area contributed by atoms with E-state index in [4.69, 9.17) is 14.2 Å². The van der Waals surface area contributed by atoms with Gasteiger partial charge in [0.15, 0.2) is 11.5 Å². The maximum absolute atomic E-state index is 10.7. The molecule has 1 N–H and O–H groups in total. The molecular formula is C17H26ClNO4. The molecule has 130 valence electrons. The van der Waals surface area contributed by atoms with Crippen LogP contribution in [-0.2, 0) is 4.79 Å². The van der Waals surface area contributed by atoms with Crippen molar-refractivity contribution in [2.45, 2.75) is 37.6 Å². The summed E-state index contributed by atoms with van der Waals surface area (Å²) in [5, 5.41) is 3.34. The van der Waals surface area contributed by atoms with Gasteiger partial charge in [-0.15, -0.1) is 12.4 Å². The molecule has 0 heterocycles. The van der Waals surface area contributed by atoms with Crippen molar-refractivity contribution >= 4 is 18.7 Å². The Balaban J connectivity index is 0.00000264. The molecule has 1 aromatic carbocycles. The lowest BCUT2D eigenvalue weighted by molar-refractivity contribution is -0.107. The van der Waals surface area contributed by atoms with E-state index in [1.165, 1.54) is 12.8 Å². The molecule has 5 nitrogen and oxygen atoms in total. The molecular weight excluding hydrogens is 318 g/mol. The van der Waals surface area contributed by atoms with Gasteiger partial charge in [0.05, 0.1) is 27.9 Å². The zero-order valence-corrected chi connectivity index (χ0v) is 14.8. The summed E-state index contributed by atoms with van der Waals surface area (Å²) in [5.41, 5.74) is 1.16. The molecule has 0 bridgehead atoms. The Morgan fingerprint density at radius 3 is 2.22 bits per heavy atom. The van der Waals surface area contributed by atoms with Crippen molar-refractivity contribution in [3.05, 3.63) is 17.7 Å². The van der Waals surface area contributed by atoms with Crippen LogP contribution in [0.1, 0.15) is 37.2 Å². The maximum atomic E-state index is 10.7. The summed E-state index contributed by atoms with van der Waals surface area (Å²) in [6.07, 6.45) is 5.48. The Labute approximate surface area is 144 Å². The third kappa shape index (κ3) is 4.52. The molecule has 0 spiro atoms. The lowest BCUT2D eigenvalue weighted by atomic mass is 9.79. The minimum Gasteiger partial charge on any atom is -0.493 e. The van der Waals surface area contributed by atoms with Gasteiger partial charge in [-0.25, -0.2) is 0 Å². The van der Waals surface area contributed by atoms with Crippen molar-refractivity contribution < 1.29 is 19.0 Å². The molecule has 0 aromatic heterocycles. The molecule has 2 unspecified atom stereocenters. The highest BCUT2D eigenvalue weighted by Gasteiger charge is 2.28. The van der Waals surface area contributed by atoms with Crippen LogP contribution in [0.15, 0.2) is 12.1 Å². The molecule has 0 radical (unpaired) electrons. The molecule has 1 saturated carbocycles. The number of carbonyl (C=O) groups excluding carboxylic acids is 1. The van der Waals surface area contributed by atoms with E-state index in [9.17, 15) is 4.79 Å². The van der Waals surface area contributed by atoms with Crippen molar-refractivity contribution in [2.24, 2.45) is 0 Å². The van der Waals surface area contributed by atoms with E-state index in [1.807, 2.05) is 12.1 Å². The van der Waals surface area contributed by atoms with Crippen LogP contribution in [0.3, 0.4) is 0 Å². The molecule has 2 atom stereocenters. The van der Waals surface area contributed by atoms with Crippen LogP contribution in [0, 0.1) is 0 Å². The summed E-state index contributed by atoms with van der Waals surface area (Å²) >= 11 is 0. The third-order valence-electron chi connectivity index (χ3n) is 4.34. The maximum Gasteiger partial charge on any atom is 0.203 e. The van der Waals surface area contributed by atoms with Crippen LogP contribution in [0.25, 0.3) is 0 Å². The van der Waals surface area contributed by atoms with E-state index in [0.717, 1.165) is 24.7 Å². The van der Waals surface area contributed by atoms with E-state index in [0.29, 0.717) is 35.8 Å². The Hall–Kier alpha value is -1.46. The van der Waals surface area contributed by atoms with Crippen LogP contribution < -0.4 is 19.5 Å². The number of aldehydes is 1. The SMILES string of the molecule is COc1cc(C2CCCCC2NCC=O)cc(OC)c1OC.Cl. The van der Waals surface area contributed by atoms with Gasteiger partial charge < -0.3 is 24.3 Å². The first-order chi connectivity index (χ1) is 10.7. The molecule has 1 aliphatic carbocycles. The largest absolute Gasteiger partial charge is 0.493 e. The zero-order chi connectivity index (χ0) is 15.9. The van der Waals surface area contributed by atoms with Crippen molar-refractivity contribution in [3.8, 4) is 17.2 Å². The van der Waals surface area contributed by atoms with E-state index >= 15 is 0 Å². The molecule has 0 saturated heterocycles. The summed E-state index contributed by atoms with van der Waals surface area (Å²) in [6.45, 7) is 0.394. The molecule has 1 aromatic rings. The highest BCUT2D eigenvalue weighted by atomic mass is 35.5. The summed E-state index contributed by atoms with van der Waals surface area (Å²) in [6, 6.07) is 4.35. The molecule has 1 aliphatic rings. The third-order valence-corrected chi connectivity index (χ3v) is 4.34. The number of ether oxygens (including phenoxy) is 3. The number of carbonyl (C=O) groups is 1. The number of hydrogen-bond donors (Lipinski definition) is 1. The summed E-state index contributed by atoms with van der Waals surface area (Å²) in [5.74, 6) is 2.32. The number of rotatable bonds is 7. The van der Waals surface area contributed by atoms with Gasteiger partial charge in [0.1, 0.15) is 6.29 Å². The fourth-order valence-corrected chi connectivity index (χ4v) is 3.29. The van der Waals surface area contributed by atoms with Crippen LogP contribution in [0.4, 0.5) is 0 Å². The summed E-state index contributed by atoms with van der Waals surface area (Å²) < 4.78 is 16.3. The van der Waals surface area contributed by atoms with E-state index in [-0.39, 0.29) is 12.4 Å². The minimum absolute atomic E-state index is 0. The molecule has 6 heteroatoms. The number of hydrogen-bond acceptors (Lipinski definition) is 5. The number of nitrogens with one attached hydrogen (secondary N) is 1. The molecule has 2 rings (SSSR count). The van der Waals surface area contributed by atoms with Crippen molar-refractivity contribution in [3.63, 3.8) is 0 Å². The van der Waals surface area contributed by atoms with Crippen LogP contribution in [0.5, 0.6) is 17.2 Å². The summed E-state index contributed by atoms with van der Waals surface area (Å²) in [4.78, 5) is 10.7. The van der Waals surface area contributed by atoms with Gasteiger partial charge >= 0.3 is 0 Å². The van der Waals surface area contributed by atoms with Crippen LogP contribution >= 0.6 is 12.4 Å². The lowest BCUT2D eigenvalue weighted by Crippen LogP contribution is -2.38. The second-order valence-electron chi connectivity index (χ2n) is 5.53. The molecule has 0 aliphatic heterocycles. The lowest BCUT2D eigenvalue weighted by Gasteiger charge is -2.33. The van der Waals surface area contributed by atoms with Gasteiger partial charge in [-0.1, -0.05) is 12.8 Å². The fourth-order valence-electron chi connectivity index (χ4n) is 3.29. The number of benzene rings is 1. The van der Waals surface area contributed by atoms with E-state index in [1.54, 1.807) is 21.3 Å². The number of methoxy groups -OCH3 is 3. The van der Waals surface area contributed by atoms with Crippen molar-refractivity contribution in [2.75, 3.05) is 27.9 Å². The van der Waals surface area contributed by atoms with Crippen molar-refractivity contribution in [1.82, 2.24) is 5.32 Å². The Morgan fingerprint density at radius 1 is 1.09 bits per heavy atom. The summed E-state index contributed by atoms with van der Waals surface area (Å²) in [7, 11) is 4.86. The first-order valence-corrected chi connectivity index (χ1v) is 7.72. The van der Waals surface area contributed by atoms with Gasteiger partial charge in [0.25, 0.3) is 0 Å². The Kier molecular flexibility index (Phi) is 8.20. The highest BCUT2D eigenvalue weighted by molar-refractivity contribution is 5.85. The van der Waals surface area contributed by atoms with Crippen LogP contribution in [0.2, 0.25) is 0 Å². The quantitative estimate of drug-likeness (QED) is 0.771. The second kappa shape index (κ2) is 9.63. The fraction of sp³-hybridized carbons (Fsp3) is 0.588. The first-order valence-electron chi connectivity index (χ1n) is 7.72. The Morgan fingerprint density at radius 2 is 1.70 bits per heavy atom. The Bertz CT molecular complexity index is 484. The topological polar surface area (TPSA) is 56.8 Å². The van der Waals surface area contributed by atoms with E-state index in [2.05, 4.69) is 5.32 Å². The van der Waals surface area contributed by atoms with Crippen LogP contribution in [-0.4, -0.2) is 40.2 Å². The normalized spacial score (nSPS) is 20.3.